The Labute approximate surface area is 55.5 Å². The molecule has 0 aliphatic rings. The molecule has 30 valence electrons. The molecule has 1 nitrogen and oxygen atoms in total. The van der Waals surface area contributed by atoms with E-state index in [1.165, 1.54) is 0 Å². The standard InChI is InChI=1S/C5H5N.Zn/c1-2-4-6-5-3-1;/h1-5H;/q;+2. The molecule has 0 fully saturated rings. The Hall–Kier alpha value is -0.227. The van der Waals surface area contributed by atoms with E-state index in [4.69, 9.17) is 0 Å². The van der Waals surface area contributed by atoms with Crippen molar-refractivity contribution >= 4 is 0 Å². The summed E-state index contributed by atoms with van der Waals surface area (Å²) in [6.45, 7) is 0. The summed E-state index contributed by atoms with van der Waals surface area (Å²) in [7, 11) is 0. The zero-order valence-electron chi connectivity index (χ0n) is 4.04. The van der Waals surface area contributed by atoms with Crippen LogP contribution in [0.15, 0.2) is 30.6 Å². The molecule has 0 bridgehead atoms. The van der Waals surface area contributed by atoms with Crippen molar-refractivity contribution in [3.05, 3.63) is 30.6 Å². The Morgan fingerprint density at radius 1 is 0.857 bits per heavy atom. The van der Waals surface area contributed by atoms with E-state index in [1.807, 2.05) is 18.2 Å². The number of rotatable bonds is 0. The third-order valence-electron chi connectivity index (χ3n) is 0.566. The van der Waals surface area contributed by atoms with Gasteiger partial charge in [-0.25, -0.2) is 0 Å². The molecular formula is C5H5NZn+2. The average Bonchev–Trinajstić information content (AvgIpc) is 1.72. The molecule has 0 atom stereocenters. The van der Waals surface area contributed by atoms with Gasteiger partial charge in [0.05, 0.1) is 0 Å². The number of pyridine rings is 1. The zero-order chi connectivity index (χ0) is 4.24. The summed E-state index contributed by atoms with van der Waals surface area (Å²) in [5.41, 5.74) is 0. The summed E-state index contributed by atoms with van der Waals surface area (Å²) in [6, 6.07) is 5.72. The second kappa shape index (κ2) is 3.95. The summed E-state index contributed by atoms with van der Waals surface area (Å²) in [6.07, 6.45) is 3.50. The van der Waals surface area contributed by atoms with Crippen LogP contribution < -0.4 is 0 Å². The largest absolute Gasteiger partial charge is 2.00 e. The van der Waals surface area contributed by atoms with Gasteiger partial charge in [-0.3, -0.25) is 4.98 Å². The Kier molecular flexibility index (Phi) is 3.82. The smallest absolute Gasteiger partial charge is 0.265 e. The van der Waals surface area contributed by atoms with Gasteiger partial charge in [-0.05, 0) is 12.1 Å². The van der Waals surface area contributed by atoms with E-state index in [2.05, 4.69) is 4.98 Å². The number of nitrogens with zero attached hydrogens (tertiary/aromatic N) is 1. The first-order valence-corrected chi connectivity index (χ1v) is 1.85. The van der Waals surface area contributed by atoms with Crippen molar-refractivity contribution in [1.82, 2.24) is 4.98 Å². The van der Waals surface area contributed by atoms with Crippen molar-refractivity contribution in [2.45, 2.75) is 0 Å². The minimum Gasteiger partial charge on any atom is -0.265 e. The van der Waals surface area contributed by atoms with Gasteiger partial charge in [0.25, 0.3) is 0 Å². The molecule has 1 heterocycles. The maximum atomic E-state index is 3.78. The Morgan fingerprint density at radius 2 is 1.43 bits per heavy atom. The van der Waals surface area contributed by atoms with Crippen LogP contribution in [-0.2, 0) is 19.5 Å². The van der Waals surface area contributed by atoms with E-state index >= 15 is 0 Å². The minimum atomic E-state index is 0. The van der Waals surface area contributed by atoms with E-state index in [-0.39, 0.29) is 19.5 Å². The molecule has 0 radical (unpaired) electrons. The quantitative estimate of drug-likeness (QED) is 0.497. The Bertz CT molecular complexity index is 80.0. The second-order valence-corrected chi connectivity index (χ2v) is 1.02. The molecule has 0 N–H and O–H groups in total. The van der Waals surface area contributed by atoms with E-state index in [0.29, 0.717) is 0 Å². The first kappa shape index (κ1) is 6.77. The SMILES string of the molecule is [Zn+2].c1ccncc1. The zero-order valence-corrected chi connectivity index (χ0v) is 7.01. The molecule has 0 spiro atoms. The van der Waals surface area contributed by atoms with Gasteiger partial charge in [0.2, 0.25) is 0 Å². The fourth-order valence-electron chi connectivity index (χ4n) is 0.313. The molecule has 2 heteroatoms. The number of aromatic nitrogens is 1. The van der Waals surface area contributed by atoms with Crippen molar-refractivity contribution < 1.29 is 19.5 Å². The second-order valence-electron chi connectivity index (χ2n) is 1.02. The summed E-state index contributed by atoms with van der Waals surface area (Å²) >= 11 is 0. The van der Waals surface area contributed by atoms with Crippen LogP contribution in [0.5, 0.6) is 0 Å². The van der Waals surface area contributed by atoms with Crippen molar-refractivity contribution in [1.29, 1.82) is 0 Å². The molecule has 0 aliphatic carbocycles. The Morgan fingerprint density at radius 3 is 1.57 bits per heavy atom. The molecule has 1 aromatic heterocycles. The van der Waals surface area contributed by atoms with E-state index in [0.717, 1.165) is 0 Å². The molecule has 0 unspecified atom stereocenters. The van der Waals surface area contributed by atoms with Crippen LogP contribution in [0.2, 0.25) is 0 Å². The summed E-state index contributed by atoms with van der Waals surface area (Å²) in [5.74, 6) is 0. The van der Waals surface area contributed by atoms with Crippen LogP contribution in [0.3, 0.4) is 0 Å². The Balaban J connectivity index is 0.000000360. The normalized spacial score (nSPS) is 6.86. The predicted octanol–water partition coefficient (Wildman–Crippen LogP) is 1.08. The van der Waals surface area contributed by atoms with E-state index < -0.39 is 0 Å². The van der Waals surface area contributed by atoms with Crippen molar-refractivity contribution in [2.75, 3.05) is 0 Å². The van der Waals surface area contributed by atoms with Gasteiger partial charge in [-0.2, -0.15) is 0 Å². The van der Waals surface area contributed by atoms with Crippen LogP contribution >= 0.6 is 0 Å². The number of hydrogen-bond donors (Lipinski definition) is 0. The third-order valence-corrected chi connectivity index (χ3v) is 0.566. The molecule has 0 saturated heterocycles. The molecular weight excluding hydrogens is 139 g/mol. The minimum absolute atomic E-state index is 0. The molecule has 1 rings (SSSR count). The predicted molar refractivity (Wildman–Crippen MR) is 24.2 cm³/mol. The van der Waals surface area contributed by atoms with Crippen molar-refractivity contribution in [3.63, 3.8) is 0 Å². The van der Waals surface area contributed by atoms with Crippen molar-refractivity contribution in [2.24, 2.45) is 0 Å². The van der Waals surface area contributed by atoms with Crippen LogP contribution in [0.4, 0.5) is 0 Å². The van der Waals surface area contributed by atoms with Gasteiger partial charge in [0.15, 0.2) is 0 Å². The molecule has 0 aliphatic heterocycles. The van der Waals surface area contributed by atoms with E-state index in [9.17, 15) is 0 Å². The topological polar surface area (TPSA) is 12.9 Å². The molecule has 0 saturated carbocycles. The van der Waals surface area contributed by atoms with Crippen molar-refractivity contribution in [3.8, 4) is 0 Å². The number of hydrogen-bond acceptors (Lipinski definition) is 1. The van der Waals surface area contributed by atoms with Gasteiger partial charge in [-0.1, -0.05) is 6.07 Å². The average molecular weight is 144 g/mol. The molecule has 7 heavy (non-hydrogen) atoms. The fourth-order valence-corrected chi connectivity index (χ4v) is 0.313. The van der Waals surface area contributed by atoms with Crippen LogP contribution in [-0.4, -0.2) is 4.98 Å². The molecule has 0 amide bonds. The summed E-state index contributed by atoms with van der Waals surface area (Å²) < 4.78 is 0. The summed E-state index contributed by atoms with van der Waals surface area (Å²) in [4.78, 5) is 3.78. The fraction of sp³-hybridized carbons (Fsp3) is 0. The maximum absolute atomic E-state index is 3.78. The molecule has 0 aromatic carbocycles. The van der Waals surface area contributed by atoms with Gasteiger partial charge in [0.1, 0.15) is 0 Å². The van der Waals surface area contributed by atoms with E-state index in [1.54, 1.807) is 12.4 Å². The van der Waals surface area contributed by atoms with Crippen LogP contribution in [0.1, 0.15) is 0 Å². The first-order valence-electron chi connectivity index (χ1n) is 1.85. The molecule has 1 aromatic rings. The monoisotopic (exact) mass is 143 g/mol. The van der Waals surface area contributed by atoms with Gasteiger partial charge in [-0.15, -0.1) is 0 Å². The first-order chi connectivity index (χ1) is 3.00. The summed E-state index contributed by atoms with van der Waals surface area (Å²) in [5, 5.41) is 0. The van der Waals surface area contributed by atoms with Gasteiger partial charge in [0, 0.05) is 12.4 Å². The van der Waals surface area contributed by atoms with Crippen LogP contribution in [0, 0.1) is 0 Å². The van der Waals surface area contributed by atoms with Crippen LogP contribution in [0.25, 0.3) is 0 Å². The maximum Gasteiger partial charge on any atom is 2.00 e. The third kappa shape index (κ3) is 2.47. The van der Waals surface area contributed by atoms with Gasteiger partial charge < -0.3 is 0 Å². The van der Waals surface area contributed by atoms with Gasteiger partial charge >= 0.3 is 19.5 Å².